The number of nitriles is 2. The van der Waals surface area contributed by atoms with Crippen LogP contribution < -0.4 is 4.74 Å². The first-order valence-corrected chi connectivity index (χ1v) is 4.22. The highest BCUT2D eigenvalue weighted by Gasteiger charge is 2.03. The van der Waals surface area contributed by atoms with E-state index in [0.717, 1.165) is 0 Å². The molecule has 0 amide bonds. The van der Waals surface area contributed by atoms with Crippen molar-refractivity contribution in [3.8, 4) is 17.9 Å². The average Bonchev–Trinajstić information content (AvgIpc) is 2.27. The molecule has 0 spiro atoms. The van der Waals surface area contributed by atoms with Crippen LogP contribution in [0.5, 0.6) is 5.75 Å². The molecule has 1 rings (SSSR count). The Bertz CT molecular complexity index is 450. The van der Waals surface area contributed by atoms with Crippen LogP contribution in [0.4, 0.5) is 8.78 Å². The van der Waals surface area contributed by atoms with Gasteiger partial charge in [0.25, 0.3) is 0 Å². The fraction of sp³-hybridized carbons (Fsp3) is 0.0909. The molecule has 0 bridgehead atoms. The number of benzene rings is 1. The molecule has 0 atom stereocenters. The van der Waals surface area contributed by atoms with Crippen molar-refractivity contribution in [2.75, 3.05) is 0 Å². The Morgan fingerprint density at radius 1 is 1.19 bits per heavy atom. The third-order valence-corrected chi connectivity index (χ3v) is 1.66. The minimum atomic E-state index is -2.87. The van der Waals surface area contributed by atoms with Gasteiger partial charge in [-0.2, -0.15) is 19.3 Å². The van der Waals surface area contributed by atoms with Crippen LogP contribution in [0.25, 0.3) is 6.08 Å². The van der Waals surface area contributed by atoms with Gasteiger partial charge in [-0.25, -0.2) is 0 Å². The highest BCUT2D eigenvalue weighted by Crippen LogP contribution is 2.16. The van der Waals surface area contributed by atoms with E-state index in [1.54, 1.807) is 12.1 Å². The lowest BCUT2D eigenvalue weighted by Gasteiger charge is -2.03. The molecule has 0 aliphatic rings. The lowest BCUT2D eigenvalue weighted by Crippen LogP contribution is -2.01. The molecule has 0 aliphatic heterocycles. The van der Waals surface area contributed by atoms with E-state index in [-0.39, 0.29) is 11.3 Å². The molecule has 1 aromatic carbocycles. The summed E-state index contributed by atoms with van der Waals surface area (Å²) in [5.41, 5.74) is 0.516. The van der Waals surface area contributed by atoms with Gasteiger partial charge in [0.05, 0.1) is 0 Å². The second kappa shape index (κ2) is 5.47. The molecular formula is C11H6F2N2O. The van der Waals surface area contributed by atoms with Gasteiger partial charge in [0, 0.05) is 0 Å². The zero-order chi connectivity index (χ0) is 12.0. The number of rotatable bonds is 3. The van der Waals surface area contributed by atoms with Crippen molar-refractivity contribution >= 4 is 6.08 Å². The Labute approximate surface area is 90.8 Å². The molecule has 16 heavy (non-hydrogen) atoms. The number of nitrogens with zero attached hydrogens (tertiary/aromatic N) is 2. The van der Waals surface area contributed by atoms with Crippen LogP contribution in [-0.4, -0.2) is 6.61 Å². The van der Waals surface area contributed by atoms with E-state index in [9.17, 15) is 8.78 Å². The third-order valence-electron chi connectivity index (χ3n) is 1.66. The van der Waals surface area contributed by atoms with Crippen molar-refractivity contribution in [2.24, 2.45) is 0 Å². The van der Waals surface area contributed by atoms with Crippen LogP contribution in [0, 0.1) is 22.7 Å². The Morgan fingerprint density at radius 3 is 2.19 bits per heavy atom. The van der Waals surface area contributed by atoms with E-state index in [1.165, 1.54) is 30.3 Å². The van der Waals surface area contributed by atoms with Crippen molar-refractivity contribution in [1.82, 2.24) is 0 Å². The van der Waals surface area contributed by atoms with Gasteiger partial charge in [-0.15, -0.1) is 0 Å². The summed E-state index contributed by atoms with van der Waals surface area (Å²) in [6, 6.07) is 9.02. The zero-order valence-corrected chi connectivity index (χ0v) is 8.02. The van der Waals surface area contributed by atoms with E-state index in [1.807, 2.05) is 0 Å². The van der Waals surface area contributed by atoms with Crippen molar-refractivity contribution < 1.29 is 13.5 Å². The number of allylic oxidation sites excluding steroid dienone is 1. The lowest BCUT2D eigenvalue weighted by atomic mass is 10.1. The minimum absolute atomic E-state index is 0.0302. The Balaban J connectivity index is 2.85. The van der Waals surface area contributed by atoms with Crippen molar-refractivity contribution in [1.29, 1.82) is 10.5 Å². The summed E-state index contributed by atoms with van der Waals surface area (Å²) in [6.45, 7) is -2.87. The second-order valence-electron chi connectivity index (χ2n) is 2.73. The molecule has 0 saturated carbocycles. The van der Waals surface area contributed by atoms with Crippen molar-refractivity contribution in [2.45, 2.75) is 6.61 Å². The number of hydrogen-bond acceptors (Lipinski definition) is 3. The fourth-order valence-electron chi connectivity index (χ4n) is 1.00. The van der Waals surface area contributed by atoms with Crippen LogP contribution in [-0.2, 0) is 0 Å². The van der Waals surface area contributed by atoms with Gasteiger partial charge in [0.1, 0.15) is 23.5 Å². The monoisotopic (exact) mass is 220 g/mol. The smallest absolute Gasteiger partial charge is 0.387 e. The summed E-state index contributed by atoms with van der Waals surface area (Å²) < 4.78 is 27.8. The molecule has 3 nitrogen and oxygen atoms in total. The van der Waals surface area contributed by atoms with Gasteiger partial charge in [-0.1, -0.05) is 12.1 Å². The molecule has 5 heteroatoms. The van der Waals surface area contributed by atoms with Gasteiger partial charge in [0.15, 0.2) is 0 Å². The molecule has 0 radical (unpaired) electrons. The van der Waals surface area contributed by atoms with Crippen LogP contribution in [0.1, 0.15) is 5.56 Å². The van der Waals surface area contributed by atoms with Crippen LogP contribution >= 0.6 is 0 Å². The Hall–Kier alpha value is -2.40. The Kier molecular flexibility index (Phi) is 3.99. The minimum Gasteiger partial charge on any atom is -0.435 e. The number of halogens is 2. The number of alkyl halides is 2. The summed E-state index contributed by atoms with van der Waals surface area (Å²) in [5.74, 6) is 0.0302. The SMILES string of the molecule is N#CC(C#N)=Cc1ccc(OC(F)F)cc1. The summed E-state index contributed by atoms with van der Waals surface area (Å²) >= 11 is 0. The Morgan fingerprint density at radius 2 is 1.75 bits per heavy atom. The normalized spacial score (nSPS) is 9.06. The molecule has 0 unspecified atom stereocenters. The lowest BCUT2D eigenvalue weighted by molar-refractivity contribution is -0.0498. The van der Waals surface area contributed by atoms with Crippen molar-refractivity contribution in [3.05, 3.63) is 35.4 Å². The molecular weight excluding hydrogens is 214 g/mol. The maximum absolute atomic E-state index is 11.8. The van der Waals surface area contributed by atoms with Gasteiger partial charge in [-0.05, 0) is 23.8 Å². The maximum Gasteiger partial charge on any atom is 0.387 e. The molecule has 0 aromatic heterocycles. The van der Waals surface area contributed by atoms with E-state index in [2.05, 4.69) is 4.74 Å². The van der Waals surface area contributed by atoms with E-state index >= 15 is 0 Å². The van der Waals surface area contributed by atoms with Crippen LogP contribution in [0.3, 0.4) is 0 Å². The second-order valence-corrected chi connectivity index (χ2v) is 2.73. The number of ether oxygens (including phenoxy) is 1. The molecule has 1 aromatic rings. The predicted octanol–water partition coefficient (Wildman–Crippen LogP) is 2.72. The first kappa shape index (κ1) is 11.7. The van der Waals surface area contributed by atoms with Gasteiger partial charge in [-0.3, -0.25) is 0 Å². The predicted molar refractivity (Wildman–Crippen MR) is 52.3 cm³/mol. The topological polar surface area (TPSA) is 56.8 Å². The van der Waals surface area contributed by atoms with Crippen molar-refractivity contribution in [3.63, 3.8) is 0 Å². The highest BCUT2D eigenvalue weighted by atomic mass is 19.3. The third kappa shape index (κ3) is 3.39. The molecule has 0 fully saturated rings. The summed E-state index contributed by atoms with van der Waals surface area (Å²) in [6.07, 6.45) is 1.35. The first-order valence-electron chi connectivity index (χ1n) is 4.22. The molecule has 0 heterocycles. The van der Waals surface area contributed by atoms with E-state index < -0.39 is 6.61 Å². The highest BCUT2D eigenvalue weighted by molar-refractivity contribution is 5.62. The molecule has 0 saturated heterocycles. The van der Waals surface area contributed by atoms with Crippen LogP contribution in [0.2, 0.25) is 0 Å². The standard InChI is InChI=1S/C11H6F2N2O/c12-11(13)16-10-3-1-8(2-4-10)5-9(6-14)7-15/h1-5,11H. The molecule has 80 valence electrons. The van der Waals surface area contributed by atoms with Gasteiger partial charge < -0.3 is 4.74 Å². The van der Waals surface area contributed by atoms with E-state index in [4.69, 9.17) is 10.5 Å². The van der Waals surface area contributed by atoms with Crippen LogP contribution in [0.15, 0.2) is 29.8 Å². The maximum atomic E-state index is 11.8. The zero-order valence-electron chi connectivity index (χ0n) is 8.02. The molecule has 0 aliphatic carbocycles. The van der Waals surface area contributed by atoms with E-state index in [0.29, 0.717) is 5.56 Å². The van der Waals surface area contributed by atoms with Gasteiger partial charge in [0.2, 0.25) is 0 Å². The first-order chi connectivity index (χ1) is 7.65. The summed E-state index contributed by atoms with van der Waals surface area (Å²) in [5, 5.41) is 17.0. The largest absolute Gasteiger partial charge is 0.435 e. The number of hydrogen-bond donors (Lipinski definition) is 0. The summed E-state index contributed by atoms with van der Waals surface area (Å²) in [4.78, 5) is 0. The quantitative estimate of drug-likeness (QED) is 0.736. The summed E-state index contributed by atoms with van der Waals surface area (Å²) in [7, 11) is 0. The van der Waals surface area contributed by atoms with Gasteiger partial charge >= 0.3 is 6.61 Å². The average molecular weight is 220 g/mol. The molecule has 0 N–H and O–H groups in total. The fourth-order valence-corrected chi connectivity index (χ4v) is 1.00.